The maximum atomic E-state index is 4.51. The first kappa shape index (κ1) is 14.8. The van der Waals surface area contributed by atoms with Gasteiger partial charge in [0.15, 0.2) is 0 Å². The smallest absolute Gasteiger partial charge is 0.00497 e. The maximum absolute atomic E-state index is 4.51. The van der Waals surface area contributed by atoms with Gasteiger partial charge in [0, 0.05) is 5.25 Å². The minimum Gasteiger partial charge on any atom is -0.179 e. The minimum atomic E-state index is 0.412. The summed E-state index contributed by atoms with van der Waals surface area (Å²) in [5, 5.41) is 0.925. The summed E-state index contributed by atoms with van der Waals surface area (Å²) in [5.74, 6) is 4.02. The molecule has 0 aliphatic heterocycles. The number of thiol groups is 1. The molecule has 3 unspecified atom stereocenters. The molecule has 1 aliphatic carbocycles. The van der Waals surface area contributed by atoms with Crippen LogP contribution in [0.5, 0.6) is 0 Å². The van der Waals surface area contributed by atoms with Crippen LogP contribution in [0.3, 0.4) is 0 Å². The quantitative estimate of drug-likeness (QED) is 0.702. The summed E-state index contributed by atoms with van der Waals surface area (Å²) in [6.45, 7) is 9.44. The number of rotatable bonds is 4. The van der Waals surface area contributed by atoms with Crippen molar-refractivity contribution in [2.24, 2.45) is 17.3 Å². The van der Waals surface area contributed by atoms with Crippen LogP contribution in [-0.4, -0.2) is 16.8 Å². The van der Waals surface area contributed by atoms with Gasteiger partial charge in [0.1, 0.15) is 0 Å². The molecule has 0 aromatic rings. The van der Waals surface area contributed by atoms with Crippen LogP contribution in [-0.2, 0) is 0 Å². The lowest BCUT2D eigenvalue weighted by atomic mass is 9.83. The van der Waals surface area contributed by atoms with Gasteiger partial charge in [0.25, 0.3) is 0 Å². The first-order chi connectivity index (χ1) is 7.43. The van der Waals surface area contributed by atoms with Crippen LogP contribution in [0.2, 0.25) is 0 Å². The number of hydrogen-bond acceptors (Lipinski definition) is 2. The van der Waals surface area contributed by atoms with Crippen molar-refractivity contribution in [1.82, 2.24) is 0 Å². The molecule has 0 amide bonds. The molecule has 0 bridgehead atoms. The topological polar surface area (TPSA) is 0 Å². The van der Waals surface area contributed by atoms with Crippen LogP contribution in [0.1, 0.15) is 53.4 Å². The summed E-state index contributed by atoms with van der Waals surface area (Å²) >= 11 is 6.72. The van der Waals surface area contributed by atoms with E-state index in [1.807, 2.05) is 0 Å². The van der Waals surface area contributed by atoms with E-state index in [9.17, 15) is 0 Å². The van der Waals surface area contributed by atoms with E-state index < -0.39 is 0 Å². The van der Waals surface area contributed by atoms with Crippen molar-refractivity contribution in [2.75, 3.05) is 11.5 Å². The molecular weight excluding hydrogens is 232 g/mol. The molecule has 0 nitrogen and oxygen atoms in total. The zero-order chi connectivity index (χ0) is 12.2. The third kappa shape index (κ3) is 4.91. The highest BCUT2D eigenvalue weighted by Crippen LogP contribution is 2.36. The van der Waals surface area contributed by atoms with Gasteiger partial charge in [-0.3, -0.25) is 0 Å². The van der Waals surface area contributed by atoms with Crippen LogP contribution in [0.4, 0.5) is 0 Å². The van der Waals surface area contributed by atoms with Gasteiger partial charge < -0.3 is 0 Å². The van der Waals surface area contributed by atoms with Crippen molar-refractivity contribution in [2.45, 2.75) is 58.6 Å². The zero-order valence-corrected chi connectivity index (χ0v) is 13.0. The largest absolute Gasteiger partial charge is 0.179 e. The summed E-state index contributed by atoms with van der Waals surface area (Å²) in [7, 11) is 0. The maximum Gasteiger partial charge on any atom is 0.00497 e. The second-order valence-electron chi connectivity index (χ2n) is 6.47. The molecule has 1 aliphatic rings. The Bertz CT molecular complexity index is 195. The van der Waals surface area contributed by atoms with Crippen molar-refractivity contribution >= 4 is 24.4 Å². The molecule has 0 aromatic carbocycles. The molecule has 0 aromatic heterocycles. The summed E-state index contributed by atoms with van der Waals surface area (Å²) in [5.41, 5.74) is 0.412. The van der Waals surface area contributed by atoms with Crippen molar-refractivity contribution in [3.63, 3.8) is 0 Å². The van der Waals surface area contributed by atoms with E-state index in [2.05, 4.69) is 52.1 Å². The lowest BCUT2D eigenvalue weighted by molar-refractivity contribution is 0.293. The molecule has 0 heterocycles. The van der Waals surface area contributed by atoms with Gasteiger partial charge in [-0.2, -0.15) is 24.4 Å². The summed E-state index contributed by atoms with van der Waals surface area (Å²) in [4.78, 5) is 0. The van der Waals surface area contributed by atoms with Gasteiger partial charge >= 0.3 is 0 Å². The highest BCUT2D eigenvalue weighted by molar-refractivity contribution is 7.99. The predicted molar refractivity (Wildman–Crippen MR) is 80.7 cm³/mol. The molecule has 96 valence electrons. The molecule has 1 fully saturated rings. The monoisotopic (exact) mass is 260 g/mol. The van der Waals surface area contributed by atoms with Crippen molar-refractivity contribution in [3.8, 4) is 0 Å². The molecule has 16 heavy (non-hydrogen) atoms. The Morgan fingerprint density at radius 3 is 2.50 bits per heavy atom. The van der Waals surface area contributed by atoms with Crippen molar-refractivity contribution < 1.29 is 0 Å². The molecule has 0 saturated heterocycles. The average molecular weight is 261 g/mol. The van der Waals surface area contributed by atoms with E-state index in [4.69, 9.17) is 0 Å². The molecule has 0 spiro atoms. The van der Waals surface area contributed by atoms with Crippen molar-refractivity contribution in [1.29, 1.82) is 0 Å². The molecule has 1 rings (SSSR count). The van der Waals surface area contributed by atoms with Gasteiger partial charge in [0.2, 0.25) is 0 Å². The van der Waals surface area contributed by atoms with E-state index in [1.165, 1.54) is 31.4 Å². The SMILES string of the molecule is CC1CCCC(SCC(CS)C(C)(C)C)C1. The summed E-state index contributed by atoms with van der Waals surface area (Å²) in [6.07, 6.45) is 5.78. The number of thioether (sulfide) groups is 1. The fourth-order valence-electron chi connectivity index (χ4n) is 2.36. The molecule has 3 atom stereocenters. The van der Waals surface area contributed by atoms with Crippen LogP contribution in [0, 0.1) is 17.3 Å². The first-order valence-electron chi connectivity index (χ1n) is 6.66. The number of hydrogen-bond donors (Lipinski definition) is 1. The fourth-order valence-corrected chi connectivity index (χ4v) is 5.13. The average Bonchev–Trinajstić information content (AvgIpc) is 2.16. The standard InChI is InChI=1S/C14H28S2/c1-11-6-5-7-13(8-11)16-10-12(9-15)14(2,3)4/h11-13,15H,5-10H2,1-4H3. The van der Waals surface area contributed by atoms with Gasteiger partial charge in [-0.25, -0.2) is 0 Å². The second-order valence-corrected chi connectivity index (χ2v) is 8.17. The summed E-state index contributed by atoms with van der Waals surface area (Å²) < 4.78 is 0. The lowest BCUT2D eigenvalue weighted by Gasteiger charge is -2.32. The Hall–Kier alpha value is 0.700. The molecule has 2 heteroatoms. The van der Waals surface area contributed by atoms with E-state index in [0.29, 0.717) is 5.41 Å². The van der Waals surface area contributed by atoms with Crippen molar-refractivity contribution in [3.05, 3.63) is 0 Å². The normalized spacial score (nSPS) is 29.1. The van der Waals surface area contributed by atoms with E-state index in [1.54, 1.807) is 0 Å². The molecular formula is C14H28S2. The Balaban J connectivity index is 2.32. The lowest BCUT2D eigenvalue weighted by Crippen LogP contribution is -2.26. The Labute approximate surface area is 112 Å². The predicted octanol–water partition coefficient (Wildman–Crippen LogP) is 4.89. The third-order valence-corrected chi connectivity index (χ3v) is 5.80. The Morgan fingerprint density at radius 2 is 2.00 bits per heavy atom. The van der Waals surface area contributed by atoms with E-state index >= 15 is 0 Å². The second kappa shape index (κ2) is 6.58. The molecule has 1 saturated carbocycles. The van der Waals surface area contributed by atoms with Crippen LogP contribution in [0.15, 0.2) is 0 Å². The van der Waals surface area contributed by atoms with E-state index in [0.717, 1.165) is 22.8 Å². The van der Waals surface area contributed by atoms with Crippen LogP contribution in [0.25, 0.3) is 0 Å². The van der Waals surface area contributed by atoms with Gasteiger partial charge in [-0.1, -0.05) is 40.5 Å². The highest BCUT2D eigenvalue weighted by atomic mass is 32.2. The Morgan fingerprint density at radius 1 is 1.31 bits per heavy atom. The molecule has 0 radical (unpaired) electrons. The zero-order valence-electron chi connectivity index (χ0n) is 11.3. The van der Waals surface area contributed by atoms with Crippen LogP contribution < -0.4 is 0 Å². The van der Waals surface area contributed by atoms with Gasteiger partial charge in [-0.05, 0) is 41.6 Å². The minimum absolute atomic E-state index is 0.412. The van der Waals surface area contributed by atoms with Crippen LogP contribution >= 0.6 is 24.4 Å². The molecule has 0 N–H and O–H groups in total. The summed E-state index contributed by atoms with van der Waals surface area (Å²) in [6, 6.07) is 0. The Kier molecular flexibility index (Phi) is 6.07. The third-order valence-electron chi connectivity index (χ3n) is 3.87. The van der Waals surface area contributed by atoms with E-state index in [-0.39, 0.29) is 0 Å². The van der Waals surface area contributed by atoms with Gasteiger partial charge in [0.05, 0.1) is 0 Å². The fraction of sp³-hybridized carbons (Fsp3) is 1.00. The van der Waals surface area contributed by atoms with Gasteiger partial charge in [-0.15, -0.1) is 0 Å². The highest BCUT2D eigenvalue weighted by Gasteiger charge is 2.26. The first-order valence-corrected chi connectivity index (χ1v) is 8.34.